The van der Waals surface area contributed by atoms with Crippen LogP contribution in [0.3, 0.4) is 0 Å². The van der Waals surface area contributed by atoms with Crippen LogP contribution in [0.25, 0.3) is 23.0 Å². The second-order valence-corrected chi connectivity index (χ2v) is 5.19. The Morgan fingerprint density at radius 1 is 1.00 bits per heavy atom. The Balaban J connectivity index is 1.86. The second kappa shape index (κ2) is 6.59. The molecule has 0 radical (unpaired) electrons. The molecular weight excluding hydrogens is 336 g/mol. The number of hydrogen-bond donors (Lipinski definition) is 0. The summed E-state index contributed by atoms with van der Waals surface area (Å²) in [6, 6.07) is 15.0. The highest BCUT2D eigenvalue weighted by atomic mass is 16.5. The van der Waals surface area contributed by atoms with Gasteiger partial charge in [0.25, 0.3) is 0 Å². The van der Waals surface area contributed by atoms with E-state index in [9.17, 15) is 0 Å². The predicted molar refractivity (Wildman–Crippen MR) is 88.1 cm³/mol. The molecule has 130 valence electrons. The van der Waals surface area contributed by atoms with Crippen molar-refractivity contribution in [2.75, 3.05) is 14.2 Å². The standard InChI is InChI=1S/C16H14N8O2/c1-25-13-9-8-11(10-14(13)26-2)15-19-23(12-6-4-3-5-7-12)24(20-15)16-17-21-22-18-16/h3-10H,1-2H3. The van der Waals surface area contributed by atoms with Crippen LogP contribution in [0.2, 0.25) is 0 Å². The summed E-state index contributed by atoms with van der Waals surface area (Å²) in [5, 5.41) is 23.8. The van der Waals surface area contributed by atoms with Gasteiger partial charge in [0.15, 0.2) is 11.5 Å². The molecule has 0 aliphatic rings. The highest BCUT2D eigenvalue weighted by Crippen LogP contribution is 2.30. The molecule has 10 heteroatoms. The number of nitrogens with zero attached hydrogens (tertiary/aromatic N) is 8. The summed E-state index contributed by atoms with van der Waals surface area (Å²) in [4.78, 5) is 3.01. The van der Waals surface area contributed by atoms with Crippen molar-refractivity contribution in [3.05, 3.63) is 48.5 Å². The summed E-state index contributed by atoms with van der Waals surface area (Å²) in [6.45, 7) is 0. The quantitative estimate of drug-likeness (QED) is 0.475. The zero-order valence-electron chi connectivity index (χ0n) is 14.0. The molecule has 0 saturated carbocycles. The van der Waals surface area contributed by atoms with E-state index in [1.807, 2.05) is 36.4 Å². The van der Waals surface area contributed by atoms with Gasteiger partial charge in [-0.15, -0.1) is 19.8 Å². The maximum absolute atomic E-state index is 5.35. The van der Waals surface area contributed by atoms with Crippen molar-refractivity contribution < 1.29 is 14.3 Å². The fourth-order valence-corrected chi connectivity index (χ4v) is 2.45. The van der Waals surface area contributed by atoms with Gasteiger partial charge in [0.2, 0.25) is 5.82 Å². The van der Waals surface area contributed by atoms with E-state index in [0.29, 0.717) is 17.3 Å². The van der Waals surface area contributed by atoms with Crippen molar-refractivity contribution in [2.45, 2.75) is 0 Å². The number of tetrazole rings is 2. The average molecular weight is 350 g/mol. The molecule has 10 nitrogen and oxygen atoms in total. The summed E-state index contributed by atoms with van der Waals surface area (Å²) >= 11 is 0. The number of aromatic nitrogens is 8. The molecule has 2 heterocycles. The van der Waals surface area contributed by atoms with Crippen molar-refractivity contribution in [1.82, 2.24) is 35.6 Å². The van der Waals surface area contributed by atoms with Crippen LogP contribution in [0, 0.1) is 0 Å². The SMILES string of the molecule is COc1ccc(-c2nn(-c3ccccc3)[n+](-c3nnn[n-]3)n2)cc1OC. The fraction of sp³-hybridized carbons (Fsp3) is 0.125. The van der Waals surface area contributed by atoms with Crippen molar-refractivity contribution in [2.24, 2.45) is 0 Å². The molecular formula is C16H14N8O2. The zero-order valence-corrected chi connectivity index (χ0v) is 14.0. The van der Waals surface area contributed by atoms with Gasteiger partial charge >= 0.3 is 5.95 Å². The van der Waals surface area contributed by atoms with Crippen LogP contribution in [0.15, 0.2) is 48.5 Å². The Labute approximate surface area is 148 Å². The zero-order chi connectivity index (χ0) is 17.9. The highest BCUT2D eigenvalue weighted by molar-refractivity contribution is 5.60. The minimum atomic E-state index is 0.216. The van der Waals surface area contributed by atoms with Crippen LogP contribution in [-0.2, 0) is 0 Å². The van der Waals surface area contributed by atoms with Crippen LogP contribution in [0.5, 0.6) is 11.5 Å². The van der Waals surface area contributed by atoms with Gasteiger partial charge < -0.3 is 9.47 Å². The summed E-state index contributed by atoms with van der Waals surface area (Å²) in [5.74, 6) is 1.88. The molecule has 0 aliphatic carbocycles. The molecule has 2 aromatic heterocycles. The van der Waals surface area contributed by atoms with Gasteiger partial charge in [0.05, 0.1) is 19.9 Å². The number of para-hydroxylation sites is 1. The van der Waals surface area contributed by atoms with E-state index in [1.165, 1.54) is 4.80 Å². The molecule has 0 atom stereocenters. The maximum Gasteiger partial charge on any atom is 0.309 e. The first kappa shape index (κ1) is 15.7. The Morgan fingerprint density at radius 3 is 2.50 bits per heavy atom. The predicted octanol–water partition coefficient (Wildman–Crippen LogP) is 0.370. The molecule has 2 aromatic carbocycles. The lowest BCUT2D eigenvalue weighted by atomic mass is 10.2. The Kier molecular flexibility index (Phi) is 3.98. The molecule has 4 aromatic rings. The first-order valence-electron chi connectivity index (χ1n) is 7.67. The monoisotopic (exact) mass is 350 g/mol. The summed E-state index contributed by atoms with van der Waals surface area (Å²) in [5.41, 5.74) is 1.54. The summed E-state index contributed by atoms with van der Waals surface area (Å²) in [7, 11) is 3.16. The van der Waals surface area contributed by atoms with Gasteiger partial charge in [-0.1, -0.05) is 28.4 Å². The van der Waals surface area contributed by atoms with Gasteiger partial charge in [-0.2, -0.15) is 0 Å². The minimum Gasteiger partial charge on any atom is -0.493 e. The largest absolute Gasteiger partial charge is 0.493 e. The highest BCUT2D eigenvalue weighted by Gasteiger charge is 2.17. The molecule has 0 bridgehead atoms. The van der Waals surface area contributed by atoms with E-state index in [4.69, 9.17) is 9.47 Å². The third-order valence-corrected chi connectivity index (χ3v) is 3.67. The van der Waals surface area contributed by atoms with Gasteiger partial charge in [-0.25, -0.2) is 0 Å². The molecule has 0 saturated heterocycles. The third kappa shape index (κ3) is 2.73. The van der Waals surface area contributed by atoms with Gasteiger partial charge in [-0.3, -0.25) is 0 Å². The second-order valence-electron chi connectivity index (χ2n) is 5.19. The van der Waals surface area contributed by atoms with Crippen LogP contribution in [0.1, 0.15) is 0 Å². The van der Waals surface area contributed by atoms with Crippen LogP contribution >= 0.6 is 0 Å². The van der Waals surface area contributed by atoms with Gasteiger partial charge in [0, 0.05) is 5.56 Å². The van der Waals surface area contributed by atoms with Crippen molar-refractivity contribution >= 4 is 0 Å². The molecule has 26 heavy (non-hydrogen) atoms. The minimum absolute atomic E-state index is 0.216. The van der Waals surface area contributed by atoms with E-state index in [1.54, 1.807) is 31.1 Å². The van der Waals surface area contributed by atoms with Crippen LogP contribution in [0.4, 0.5) is 0 Å². The normalized spacial score (nSPS) is 10.7. The van der Waals surface area contributed by atoms with Gasteiger partial charge in [-0.05, 0) is 40.8 Å². The lowest BCUT2D eigenvalue weighted by Crippen LogP contribution is -2.44. The van der Waals surface area contributed by atoms with Crippen molar-refractivity contribution in [3.63, 3.8) is 0 Å². The lowest BCUT2D eigenvalue weighted by molar-refractivity contribution is -0.741. The average Bonchev–Trinajstić information content (AvgIpc) is 3.37. The van der Waals surface area contributed by atoms with Crippen LogP contribution < -0.4 is 19.4 Å². The number of hydrogen-bond acceptors (Lipinski definition) is 7. The van der Waals surface area contributed by atoms with Crippen molar-refractivity contribution in [3.8, 4) is 34.5 Å². The number of benzene rings is 2. The lowest BCUT2D eigenvalue weighted by Gasteiger charge is -2.07. The van der Waals surface area contributed by atoms with E-state index in [0.717, 1.165) is 11.3 Å². The number of methoxy groups -OCH3 is 2. The van der Waals surface area contributed by atoms with Crippen molar-refractivity contribution in [1.29, 1.82) is 0 Å². The first-order valence-corrected chi connectivity index (χ1v) is 7.67. The third-order valence-electron chi connectivity index (χ3n) is 3.67. The van der Waals surface area contributed by atoms with E-state index in [2.05, 4.69) is 30.8 Å². The Hall–Kier alpha value is -3.82. The summed E-state index contributed by atoms with van der Waals surface area (Å²) < 4.78 is 10.6. The molecule has 0 amide bonds. The van der Waals surface area contributed by atoms with Gasteiger partial charge in [0.1, 0.15) is 0 Å². The number of ether oxygens (including phenoxy) is 2. The van der Waals surface area contributed by atoms with E-state index >= 15 is 0 Å². The Bertz CT molecular complexity index is 1010. The Morgan fingerprint density at radius 2 is 1.81 bits per heavy atom. The topological polar surface area (TPSA) is 106 Å². The molecule has 0 fully saturated rings. The van der Waals surface area contributed by atoms with E-state index < -0.39 is 0 Å². The molecule has 0 aliphatic heterocycles. The molecule has 0 unspecified atom stereocenters. The van der Waals surface area contributed by atoms with E-state index in [-0.39, 0.29) is 5.95 Å². The molecule has 0 N–H and O–H groups in total. The molecule has 0 spiro atoms. The maximum atomic E-state index is 5.35. The number of rotatable bonds is 5. The fourth-order valence-electron chi connectivity index (χ4n) is 2.45. The first-order chi connectivity index (χ1) is 12.8. The molecule has 4 rings (SSSR count). The smallest absolute Gasteiger partial charge is 0.309 e. The van der Waals surface area contributed by atoms with Crippen LogP contribution in [-0.4, -0.2) is 44.7 Å². The summed E-state index contributed by atoms with van der Waals surface area (Å²) in [6.07, 6.45) is 0.